The van der Waals surface area contributed by atoms with Crippen LogP contribution in [0.5, 0.6) is 0 Å². The van der Waals surface area contributed by atoms with Gasteiger partial charge < -0.3 is 5.32 Å². The molecule has 1 saturated carbocycles. The highest BCUT2D eigenvalue weighted by Crippen LogP contribution is 2.18. The molecule has 0 aromatic carbocycles. The molecule has 1 aromatic rings. The van der Waals surface area contributed by atoms with Gasteiger partial charge in [0.2, 0.25) is 0 Å². The molecule has 1 aromatic heterocycles. The Labute approximate surface area is 105 Å². The third-order valence-electron chi connectivity index (χ3n) is 2.97. The SMILES string of the molecule is N=CN(NN)c1ccc(C(=O)NC2CCC2)cn1. The summed E-state index contributed by atoms with van der Waals surface area (Å²) in [5, 5.41) is 11.3. The van der Waals surface area contributed by atoms with Crippen LogP contribution in [0.2, 0.25) is 0 Å². The average molecular weight is 248 g/mol. The number of hydrogen-bond donors (Lipinski definition) is 4. The van der Waals surface area contributed by atoms with Crippen molar-refractivity contribution in [2.75, 3.05) is 5.01 Å². The summed E-state index contributed by atoms with van der Waals surface area (Å²) in [5.74, 6) is 5.55. The van der Waals surface area contributed by atoms with Gasteiger partial charge in [0.15, 0.2) is 0 Å². The molecular formula is C11H16N6O. The van der Waals surface area contributed by atoms with Crippen LogP contribution in [0.4, 0.5) is 5.82 Å². The second-order valence-electron chi connectivity index (χ2n) is 4.13. The minimum atomic E-state index is -0.110. The molecule has 2 rings (SSSR count). The van der Waals surface area contributed by atoms with Crippen molar-refractivity contribution in [2.24, 2.45) is 5.84 Å². The van der Waals surface area contributed by atoms with Crippen LogP contribution >= 0.6 is 0 Å². The van der Waals surface area contributed by atoms with Crippen molar-refractivity contribution in [1.29, 1.82) is 5.41 Å². The molecule has 1 aliphatic carbocycles. The Kier molecular flexibility index (Phi) is 3.85. The first kappa shape index (κ1) is 12.5. The van der Waals surface area contributed by atoms with E-state index in [-0.39, 0.29) is 5.91 Å². The van der Waals surface area contributed by atoms with Gasteiger partial charge in [0.05, 0.1) is 5.56 Å². The van der Waals surface area contributed by atoms with E-state index in [0.717, 1.165) is 19.2 Å². The van der Waals surface area contributed by atoms with Gasteiger partial charge in [-0.25, -0.2) is 9.99 Å². The number of aromatic nitrogens is 1. The van der Waals surface area contributed by atoms with Gasteiger partial charge in [-0.15, -0.1) is 0 Å². The van der Waals surface area contributed by atoms with E-state index >= 15 is 0 Å². The molecular weight excluding hydrogens is 232 g/mol. The fourth-order valence-electron chi connectivity index (χ4n) is 1.65. The maximum absolute atomic E-state index is 11.8. The number of anilines is 1. The van der Waals surface area contributed by atoms with E-state index in [0.29, 0.717) is 17.4 Å². The predicted octanol–water partition coefficient (Wildman–Crippen LogP) is 0.156. The number of carbonyl (C=O) groups is 1. The molecule has 0 spiro atoms. The van der Waals surface area contributed by atoms with Crippen LogP contribution in [-0.4, -0.2) is 23.3 Å². The fourth-order valence-corrected chi connectivity index (χ4v) is 1.65. The lowest BCUT2D eigenvalue weighted by Gasteiger charge is -2.26. The van der Waals surface area contributed by atoms with Crippen LogP contribution in [0.15, 0.2) is 18.3 Å². The van der Waals surface area contributed by atoms with E-state index in [1.165, 1.54) is 17.6 Å². The van der Waals surface area contributed by atoms with Crippen LogP contribution in [0.25, 0.3) is 0 Å². The number of hydrazine groups is 2. The number of carbonyl (C=O) groups excluding carboxylic acids is 1. The van der Waals surface area contributed by atoms with Gasteiger partial charge in [0.1, 0.15) is 12.2 Å². The van der Waals surface area contributed by atoms with Crippen molar-refractivity contribution in [2.45, 2.75) is 25.3 Å². The molecule has 1 aliphatic rings. The zero-order valence-corrected chi connectivity index (χ0v) is 9.89. The third kappa shape index (κ3) is 2.63. The van der Waals surface area contributed by atoms with Crippen molar-refractivity contribution in [3.8, 4) is 0 Å². The van der Waals surface area contributed by atoms with Crippen LogP contribution in [0, 0.1) is 5.41 Å². The Balaban J connectivity index is 2.01. The highest BCUT2D eigenvalue weighted by atomic mass is 16.1. The second-order valence-corrected chi connectivity index (χ2v) is 4.13. The molecule has 0 bridgehead atoms. The molecule has 0 aliphatic heterocycles. The third-order valence-corrected chi connectivity index (χ3v) is 2.97. The molecule has 7 nitrogen and oxygen atoms in total. The first-order valence-electron chi connectivity index (χ1n) is 5.77. The quantitative estimate of drug-likeness (QED) is 0.257. The zero-order valence-electron chi connectivity index (χ0n) is 9.89. The summed E-state index contributed by atoms with van der Waals surface area (Å²) in [4.78, 5) is 15.9. The lowest BCUT2D eigenvalue weighted by molar-refractivity contribution is 0.0916. The minimum absolute atomic E-state index is 0.110. The van der Waals surface area contributed by atoms with Gasteiger partial charge in [-0.3, -0.25) is 16.0 Å². The summed E-state index contributed by atoms with van der Waals surface area (Å²) in [7, 11) is 0. The summed E-state index contributed by atoms with van der Waals surface area (Å²) in [6, 6.07) is 3.59. The largest absolute Gasteiger partial charge is 0.349 e. The van der Waals surface area contributed by atoms with Crippen molar-refractivity contribution in [1.82, 2.24) is 15.8 Å². The van der Waals surface area contributed by atoms with E-state index in [1.807, 2.05) is 0 Å². The smallest absolute Gasteiger partial charge is 0.253 e. The monoisotopic (exact) mass is 248 g/mol. The highest BCUT2D eigenvalue weighted by molar-refractivity contribution is 5.94. The lowest BCUT2D eigenvalue weighted by atomic mass is 9.93. The normalized spacial score (nSPS) is 14.7. The predicted molar refractivity (Wildman–Crippen MR) is 67.9 cm³/mol. The Morgan fingerprint density at radius 3 is 2.78 bits per heavy atom. The van der Waals surface area contributed by atoms with Gasteiger partial charge in [-0.05, 0) is 31.4 Å². The molecule has 18 heavy (non-hydrogen) atoms. The number of nitrogens with two attached hydrogens (primary N) is 1. The second kappa shape index (κ2) is 5.56. The average Bonchev–Trinajstić information content (AvgIpc) is 2.36. The number of rotatable bonds is 5. The number of amides is 1. The van der Waals surface area contributed by atoms with Gasteiger partial charge in [-0.2, -0.15) is 5.53 Å². The van der Waals surface area contributed by atoms with E-state index < -0.39 is 0 Å². The molecule has 1 heterocycles. The molecule has 7 heteroatoms. The Morgan fingerprint density at radius 1 is 1.56 bits per heavy atom. The molecule has 0 radical (unpaired) electrons. The molecule has 96 valence electrons. The number of hydrogen-bond acceptors (Lipinski definition) is 5. The number of pyridine rings is 1. The first-order chi connectivity index (χ1) is 8.74. The van der Waals surface area contributed by atoms with Gasteiger partial charge in [0.25, 0.3) is 5.91 Å². The van der Waals surface area contributed by atoms with E-state index in [1.54, 1.807) is 12.1 Å². The molecule has 0 atom stereocenters. The molecule has 1 fully saturated rings. The molecule has 0 unspecified atom stereocenters. The van der Waals surface area contributed by atoms with Gasteiger partial charge >= 0.3 is 0 Å². The lowest BCUT2D eigenvalue weighted by Crippen LogP contribution is -2.42. The summed E-state index contributed by atoms with van der Waals surface area (Å²) < 4.78 is 0. The van der Waals surface area contributed by atoms with Crippen LogP contribution in [-0.2, 0) is 0 Å². The minimum Gasteiger partial charge on any atom is -0.349 e. The highest BCUT2D eigenvalue weighted by Gasteiger charge is 2.20. The van der Waals surface area contributed by atoms with Crippen LogP contribution in [0.3, 0.4) is 0 Å². The van der Waals surface area contributed by atoms with Gasteiger partial charge in [-0.1, -0.05) is 0 Å². The van der Waals surface area contributed by atoms with Crippen LogP contribution in [0.1, 0.15) is 29.6 Å². The Bertz CT molecular complexity index is 428. The molecule has 0 saturated heterocycles. The first-order valence-corrected chi connectivity index (χ1v) is 5.77. The summed E-state index contributed by atoms with van der Waals surface area (Å²) >= 11 is 0. The maximum Gasteiger partial charge on any atom is 0.253 e. The summed E-state index contributed by atoms with van der Waals surface area (Å²) in [5.41, 5.74) is 2.80. The van der Waals surface area contributed by atoms with Crippen molar-refractivity contribution >= 4 is 18.1 Å². The maximum atomic E-state index is 11.8. The van der Waals surface area contributed by atoms with Crippen molar-refractivity contribution in [3.05, 3.63) is 23.9 Å². The van der Waals surface area contributed by atoms with Gasteiger partial charge in [0, 0.05) is 12.2 Å². The number of nitrogens with zero attached hydrogens (tertiary/aromatic N) is 2. The molecule has 5 N–H and O–H groups in total. The fraction of sp³-hybridized carbons (Fsp3) is 0.364. The number of nitrogens with one attached hydrogen (secondary N) is 3. The summed E-state index contributed by atoms with van der Waals surface area (Å²) in [6.45, 7) is 0. The topological polar surface area (TPSA) is 107 Å². The van der Waals surface area contributed by atoms with E-state index in [2.05, 4.69) is 15.8 Å². The summed E-state index contributed by atoms with van der Waals surface area (Å²) in [6.07, 6.45) is 5.75. The van der Waals surface area contributed by atoms with Crippen LogP contribution < -0.4 is 21.7 Å². The standard InChI is InChI=1S/C11H16N6O/c12-7-17(16-13)10-5-4-8(6-14-10)11(18)15-9-2-1-3-9/h4-7,9,12,16H,1-3,13H2,(H,15,18). The Morgan fingerprint density at radius 2 is 2.33 bits per heavy atom. The van der Waals surface area contributed by atoms with E-state index in [4.69, 9.17) is 11.3 Å². The van der Waals surface area contributed by atoms with E-state index in [9.17, 15) is 4.79 Å². The van der Waals surface area contributed by atoms with Crippen molar-refractivity contribution in [3.63, 3.8) is 0 Å². The van der Waals surface area contributed by atoms with Crippen molar-refractivity contribution < 1.29 is 4.79 Å². The zero-order chi connectivity index (χ0) is 13.0. The Hall–Kier alpha value is -1.99. The molecule has 1 amide bonds.